The average molecular weight is 189 g/mol. The van der Waals surface area contributed by atoms with Gasteiger partial charge in [0.1, 0.15) is 0 Å². The molecule has 0 aliphatic heterocycles. The van der Waals surface area contributed by atoms with Crippen LogP contribution in [0.25, 0.3) is 0 Å². The van der Waals surface area contributed by atoms with Gasteiger partial charge in [-0.2, -0.15) is 13.2 Å². The van der Waals surface area contributed by atoms with Crippen LogP contribution in [0.2, 0.25) is 0 Å². The van der Waals surface area contributed by atoms with E-state index in [4.69, 9.17) is 5.73 Å². The van der Waals surface area contributed by atoms with Crippen LogP contribution >= 0.6 is 0 Å². The molecule has 0 unspecified atom stereocenters. The third kappa shape index (κ3) is 2.97. The Labute approximate surface area is 74.4 Å². The van der Waals surface area contributed by atoms with Crippen molar-refractivity contribution in [2.24, 2.45) is 0 Å². The van der Waals surface area contributed by atoms with E-state index in [9.17, 15) is 13.2 Å². The number of benzene rings is 1. The summed E-state index contributed by atoms with van der Waals surface area (Å²) in [7, 11) is 0. The Morgan fingerprint density at radius 3 is 2.46 bits per heavy atom. The van der Waals surface area contributed by atoms with Gasteiger partial charge in [-0.05, 0) is 18.6 Å². The fourth-order valence-electron chi connectivity index (χ4n) is 1.10. The van der Waals surface area contributed by atoms with Crippen LogP contribution in [-0.2, 0) is 6.42 Å². The van der Waals surface area contributed by atoms with E-state index in [1.165, 1.54) is 12.1 Å². The molecule has 0 atom stereocenters. The number of hydrogen-bond acceptors (Lipinski definition) is 1. The monoisotopic (exact) mass is 189 g/mol. The molecule has 1 rings (SSSR count). The highest BCUT2D eigenvalue weighted by Gasteiger charge is 2.28. The number of aryl methyl sites for hydroxylation is 1. The average Bonchev–Trinajstić information content (AvgIpc) is 1.94. The summed E-state index contributed by atoms with van der Waals surface area (Å²) in [4.78, 5) is 0. The molecule has 0 heterocycles. The lowest BCUT2D eigenvalue weighted by molar-refractivity contribution is -0.127. The van der Waals surface area contributed by atoms with Gasteiger partial charge in [0.2, 0.25) is 0 Å². The maximum Gasteiger partial charge on any atom is 0.393 e. The van der Waals surface area contributed by atoms with Crippen molar-refractivity contribution in [3.8, 4) is 0 Å². The Kier molecular flexibility index (Phi) is 2.50. The van der Waals surface area contributed by atoms with Gasteiger partial charge in [0.25, 0.3) is 0 Å². The highest BCUT2D eigenvalue weighted by Crippen LogP contribution is 2.25. The Bertz CT molecular complexity index is 304. The van der Waals surface area contributed by atoms with Gasteiger partial charge in [-0.1, -0.05) is 17.7 Å². The molecule has 0 spiro atoms. The SMILES string of the molecule is Cc1ccc(N)c(CC(F)(F)F)c1. The topological polar surface area (TPSA) is 26.0 Å². The molecule has 4 heteroatoms. The molecule has 1 nitrogen and oxygen atoms in total. The second-order valence-electron chi connectivity index (χ2n) is 2.99. The highest BCUT2D eigenvalue weighted by atomic mass is 19.4. The van der Waals surface area contributed by atoms with E-state index in [1.54, 1.807) is 13.0 Å². The van der Waals surface area contributed by atoms with Crippen molar-refractivity contribution >= 4 is 5.69 Å². The number of hydrogen-bond donors (Lipinski definition) is 1. The summed E-state index contributed by atoms with van der Waals surface area (Å²) in [6, 6.07) is 4.65. The minimum atomic E-state index is -4.19. The molecule has 2 N–H and O–H groups in total. The summed E-state index contributed by atoms with van der Waals surface area (Å²) in [5.74, 6) is 0. The lowest BCUT2D eigenvalue weighted by atomic mass is 10.1. The zero-order chi connectivity index (χ0) is 10.1. The van der Waals surface area contributed by atoms with Gasteiger partial charge in [-0.15, -0.1) is 0 Å². The normalized spacial score (nSPS) is 11.7. The number of halogens is 3. The Hall–Kier alpha value is -1.19. The Morgan fingerprint density at radius 2 is 1.92 bits per heavy atom. The van der Waals surface area contributed by atoms with Gasteiger partial charge in [0, 0.05) is 5.69 Å². The molecule has 0 bridgehead atoms. The van der Waals surface area contributed by atoms with Crippen LogP contribution < -0.4 is 5.73 Å². The lowest BCUT2D eigenvalue weighted by Gasteiger charge is -2.09. The van der Waals surface area contributed by atoms with Crippen LogP contribution in [-0.4, -0.2) is 6.18 Å². The van der Waals surface area contributed by atoms with Crippen LogP contribution in [0.4, 0.5) is 18.9 Å². The first kappa shape index (κ1) is 9.89. The van der Waals surface area contributed by atoms with Crippen LogP contribution in [0.15, 0.2) is 18.2 Å². The van der Waals surface area contributed by atoms with Crippen molar-refractivity contribution in [1.82, 2.24) is 0 Å². The summed E-state index contributed by atoms with van der Waals surface area (Å²) >= 11 is 0. The van der Waals surface area contributed by atoms with E-state index < -0.39 is 12.6 Å². The van der Waals surface area contributed by atoms with Gasteiger partial charge in [0.05, 0.1) is 6.42 Å². The molecule has 0 aliphatic rings. The standard InChI is InChI=1S/C9H10F3N/c1-6-2-3-8(13)7(4-6)5-9(10,11)12/h2-4H,5,13H2,1H3. The molecule has 0 radical (unpaired) electrons. The summed E-state index contributed by atoms with van der Waals surface area (Å²) < 4.78 is 36.0. The summed E-state index contributed by atoms with van der Waals surface area (Å²) in [6.07, 6.45) is -5.15. The van der Waals surface area contributed by atoms with Crippen molar-refractivity contribution in [2.45, 2.75) is 19.5 Å². The third-order valence-corrected chi connectivity index (χ3v) is 1.69. The van der Waals surface area contributed by atoms with Crippen LogP contribution in [0.3, 0.4) is 0 Å². The molecule has 1 aromatic rings. The molecule has 13 heavy (non-hydrogen) atoms. The second-order valence-corrected chi connectivity index (χ2v) is 2.99. The number of nitrogen functional groups attached to an aromatic ring is 1. The molecule has 0 aliphatic carbocycles. The van der Waals surface area contributed by atoms with Crippen LogP contribution in [0, 0.1) is 6.92 Å². The summed E-state index contributed by atoms with van der Waals surface area (Å²) in [6.45, 7) is 1.74. The highest BCUT2D eigenvalue weighted by molar-refractivity contribution is 5.48. The van der Waals surface area contributed by atoms with Gasteiger partial charge < -0.3 is 5.73 Å². The van der Waals surface area contributed by atoms with E-state index in [-0.39, 0.29) is 11.3 Å². The number of rotatable bonds is 1. The number of alkyl halides is 3. The maximum absolute atomic E-state index is 12.0. The van der Waals surface area contributed by atoms with Crippen LogP contribution in [0.5, 0.6) is 0 Å². The molecule has 0 fully saturated rings. The molecular weight excluding hydrogens is 179 g/mol. The quantitative estimate of drug-likeness (QED) is 0.675. The first-order valence-electron chi connectivity index (χ1n) is 3.80. The van der Waals surface area contributed by atoms with Crippen molar-refractivity contribution < 1.29 is 13.2 Å². The zero-order valence-corrected chi connectivity index (χ0v) is 7.15. The first-order chi connectivity index (χ1) is 5.88. The Morgan fingerprint density at radius 1 is 1.31 bits per heavy atom. The summed E-state index contributed by atoms with van der Waals surface area (Å²) in [5.41, 5.74) is 6.53. The van der Waals surface area contributed by atoms with E-state index in [2.05, 4.69) is 0 Å². The van der Waals surface area contributed by atoms with E-state index in [0.29, 0.717) is 0 Å². The number of nitrogens with two attached hydrogens (primary N) is 1. The Balaban J connectivity index is 2.94. The number of anilines is 1. The zero-order valence-electron chi connectivity index (χ0n) is 7.15. The fourth-order valence-corrected chi connectivity index (χ4v) is 1.10. The van der Waals surface area contributed by atoms with Crippen molar-refractivity contribution in [3.63, 3.8) is 0 Å². The predicted molar refractivity (Wildman–Crippen MR) is 45.4 cm³/mol. The minimum absolute atomic E-state index is 0.146. The van der Waals surface area contributed by atoms with Gasteiger partial charge in [-0.25, -0.2) is 0 Å². The lowest BCUT2D eigenvalue weighted by Crippen LogP contribution is -2.13. The van der Waals surface area contributed by atoms with E-state index >= 15 is 0 Å². The molecule has 1 aromatic carbocycles. The molecular formula is C9H10F3N. The second kappa shape index (κ2) is 3.28. The van der Waals surface area contributed by atoms with E-state index in [1.807, 2.05) is 0 Å². The fraction of sp³-hybridized carbons (Fsp3) is 0.333. The van der Waals surface area contributed by atoms with Crippen molar-refractivity contribution in [3.05, 3.63) is 29.3 Å². The molecule has 0 amide bonds. The molecule has 72 valence electrons. The first-order valence-corrected chi connectivity index (χ1v) is 3.80. The van der Waals surface area contributed by atoms with Gasteiger partial charge >= 0.3 is 6.18 Å². The van der Waals surface area contributed by atoms with E-state index in [0.717, 1.165) is 5.56 Å². The molecule has 0 saturated carbocycles. The van der Waals surface area contributed by atoms with Crippen LogP contribution in [0.1, 0.15) is 11.1 Å². The summed E-state index contributed by atoms with van der Waals surface area (Å²) in [5, 5.41) is 0. The smallest absolute Gasteiger partial charge is 0.393 e. The largest absolute Gasteiger partial charge is 0.399 e. The maximum atomic E-state index is 12.0. The third-order valence-electron chi connectivity index (χ3n) is 1.69. The predicted octanol–water partition coefficient (Wildman–Crippen LogP) is 2.68. The van der Waals surface area contributed by atoms with Crippen molar-refractivity contribution in [1.29, 1.82) is 0 Å². The molecule has 0 aromatic heterocycles. The minimum Gasteiger partial charge on any atom is -0.399 e. The molecule has 0 saturated heterocycles. The van der Waals surface area contributed by atoms with Gasteiger partial charge in [0.15, 0.2) is 0 Å². The van der Waals surface area contributed by atoms with Crippen molar-refractivity contribution in [2.75, 3.05) is 5.73 Å². The van der Waals surface area contributed by atoms with Gasteiger partial charge in [-0.3, -0.25) is 0 Å².